The van der Waals surface area contributed by atoms with Crippen molar-refractivity contribution in [1.29, 1.82) is 0 Å². The lowest BCUT2D eigenvalue weighted by Crippen LogP contribution is -2.35. The fourth-order valence-electron chi connectivity index (χ4n) is 3.19. The molecule has 0 spiro atoms. The van der Waals surface area contributed by atoms with Gasteiger partial charge in [0.1, 0.15) is 12.4 Å². The first-order chi connectivity index (χ1) is 15.2. The number of anilines is 1. The number of hydrogen-bond donors (Lipinski definition) is 3. The van der Waals surface area contributed by atoms with E-state index in [2.05, 4.69) is 20.9 Å². The molecule has 2 aromatic carbocycles. The van der Waals surface area contributed by atoms with Gasteiger partial charge in [0.05, 0.1) is 13.2 Å². The Labute approximate surface area is 181 Å². The van der Waals surface area contributed by atoms with Crippen molar-refractivity contribution in [2.24, 2.45) is 4.99 Å². The number of halogens is 1. The van der Waals surface area contributed by atoms with Crippen LogP contribution in [0.5, 0.6) is 11.5 Å². The molecule has 1 fully saturated rings. The first-order valence-corrected chi connectivity index (χ1v) is 10.6. The molecular formula is C23H27FN4O3. The van der Waals surface area contributed by atoms with Gasteiger partial charge in [-0.15, -0.1) is 0 Å². The van der Waals surface area contributed by atoms with E-state index in [0.29, 0.717) is 49.7 Å². The van der Waals surface area contributed by atoms with Gasteiger partial charge in [-0.3, -0.25) is 4.79 Å². The quantitative estimate of drug-likeness (QED) is 0.468. The Hall–Kier alpha value is -3.29. The van der Waals surface area contributed by atoms with E-state index in [9.17, 15) is 9.18 Å². The normalized spacial score (nSPS) is 15.7. The summed E-state index contributed by atoms with van der Waals surface area (Å²) in [5.74, 6) is 1.50. The van der Waals surface area contributed by atoms with Crippen molar-refractivity contribution in [3.8, 4) is 11.5 Å². The van der Waals surface area contributed by atoms with Crippen LogP contribution < -0.4 is 25.4 Å². The van der Waals surface area contributed by atoms with Crippen LogP contribution in [0.1, 0.15) is 24.8 Å². The Morgan fingerprint density at radius 1 is 1.10 bits per heavy atom. The van der Waals surface area contributed by atoms with Gasteiger partial charge in [0.2, 0.25) is 5.91 Å². The highest BCUT2D eigenvalue weighted by Gasteiger charge is 2.22. The summed E-state index contributed by atoms with van der Waals surface area (Å²) in [6, 6.07) is 12.4. The molecule has 1 heterocycles. The second kappa shape index (κ2) is 10.1. The summed E-state index contributed by atoms with van der Waals surface area (Å²) >= 11 is 0. The predicted octanol–water partition coefficient (Wildman–Crippen LogP) is 2.87. The maximum Gasteiger partial charge on any atom is 0.242 e. The second-order valence-electron chi connectivity index (χ2n) is 7.65. The second-order valence-corrected chi connectivity index (χ2v) is 7.65. The van der Waals surface area contributed by atoms with Gasteiger partial charge in [0.15, 0.2) is 17.5 Å². The number of nitrogens with one attached hydrogen (secondary N) is 3. The molecular weight excluding hydrogens is 399 g/mol. The zero-order valence-corrected chi connectivity index (χ0v) is 17.3. The number of guanidine groups is 1. The molecule has 2 aliphatic rings. The van der Waals surface area contributed by atoms with Crippen LogP contribution in [-0.2, 0) is 11.2 Å². The Kier molecular flexibility index (Phi) is 6.86. The summed E-state index contributed by atoms with van der Waals surface area (Å²) in [5.41, 5.74) is 1.65. The Bertz CT molecular complexity index is 946. The topological polar surface area (TPSA) is 84.0 Å². The Balaban J connectivity index is 1.40. The molecule has 0 bridgehead atoms. The molecule has 7 nitrogen and oxygen atoms in total. The average molecular weight is 426 g/mol. The molecule has 0 aromatic heterocycles. The van der Waals surface area contributed by atoms with E-state index in [0.717, 1.165) is 30.5 Å². The molecule has 1 amide bonds. The maximum atomic E-state index is 13.4. The van der Waals surface area contributed by atoms with Crippen LogP contribution >= 0.6 is 0 Å². The van der Waals surface area contributed by atoms with Crippen LogP contribution in [0.25, 0.3) is 0 Å². The minimum Gasteiger partial charge on any atom is -0.490 e. The molecule has 4 rings (SSSR count). The molecule has 164 valence electrons. The van der Waals surface area contributed by atoms with Gasteiger partial charge in [-0.1, -0.05) is 12.1 Å². The molecule has 0 saturated heterocycles. The molecule has 0 atom stereocenters. The summed E-state index contributed by atoms with van der Waals surface area (Å²) in [5, 5.41) is 9.37. The number of carbonyl (C=O) groups excluding carboxylic acids is 1. The third-order valence-corrected chi connectivity index (χ3v) is 4.93. The van der Waals surface area contributed by atoms with Crippen molar-refractivity contribution in [1.82, 2.24) is 10.6 Å². The summed E-state index contributed by atoms with van der Waals surface area (Å²) in [6.07, 6.45) is 3.52. The number of nitrogens with zero attached hydrogens (tertiary/aromatic N) is 1. The van der Waals surface area contributed by atoms with Crippen LogP contribution in [0.2, 0.25) is 0 Å². The van der Waals surface area contributed by atoms with Crippen LogP contribution in [0.15, 0.2) is 47.5 Å². The number of amides is 1. The number of fused-ring (bicyclic) bond motifs is 1. The maximum absolute atomic E-state index is 13.4. The summed E-state index contributed by atoms with van der Waals surface area (Å²) < 4.78 is 24.8. The van der Waals surface area contributed by atoms with Crippen molar-refractivity contribution in [2.75, 3.05) is 31.6 Å². The van der Waals surface area contributed by atoms with Crippen molar-refractivity contribution < 1.29 is 18.7 Å². The van der Waals surface area contributed by atoms with E-state index in [-0.39, 0.29) is 18.3 Å². The van der Waals surface area contributed by atoms with Gasteiger partial charge in [-0.05, 0) is 49.1 Å². The number of carbonyl (C=O) groups is 1. The van der Waals surface area contributed by atoms with Crippen LogP contribution in [0, 0.1) is 5.82 Å². The average Bonchev–Trinajstić information content (AvgIpc) is 3.58. The molecule has 31 heavy (non-hydrogen) atoms. The van der Waals surface area contributed by atoms with Crippen LogP contribution in [0.3, 0.4) is 0 Å². The summed E-state index contributed by atoms with van der Waals surface area (Å²) in [4.78, 5) is 16.5. The lowest BCUT2D eigenvalue weighted by molar-refractivity contribution is -0.119. The Morgan fingerprint density at radius 3 is 2.74 bits per heavy atom. The fraction of sp³-hybridized carbons (Fsp3) is 0.391. The highest BCUT2D eigenvalue weighted by molar-refractivity contribution is 5.95. The zero-order valence-electron chi connectivity index (χ0n) is 17.3. The predicted molar refractivity (Wildman–Crippen MR) is 117 cm³/mol. The van der Waals surface area contributed by atoms with Gasteiger partial charge < -0.3 is 25.4 Å². The monoisotopic (exact) mass is 426 g/mol. The molecule has 1 saturated carbocycles. The van der Waals surface area contributed by atoms with E-state index in [1.54, 1.807) is 6.07 Å². The molecule has 0 unspecified atom stereocenters. The summed E-state index contributed by atoms with van der Waals surface area (Å²) in [6.45, 7) is 1.79. The van der Waals surface area contributed by atoms with Crippen molar-refractivity contribution >= 4 is 17.6 Å². The highest BCUT2D eigenvalue weighted by Crippen LogP contribution is 2.32. The number of benzene rings is 2. The SMILES string of the molecule is O=C(CN=C(NCCc1cccc(F)c1)Nc1ccc2c(c1)OCCCO2)NC1CC1. The minimum atomic E-state index is -0.256. The first kappa shape index (κ1) is 21.0. The van der Waals surface area contributed by atoms with E-state index in [4.69, 9.17) is 9.47 Å². The van der Waals surface area contributed by atoms with Gasteiger partial charge in [0, 0.05) is 30.8 Å². The standard InChI is InChI=1S/C23H27FN4O3/c24-17-4-1-3-16(13-17)9-10-25-23(26-15-22(29)27-18-5-6-18)28-19-7-8-20-21(14-19)31-12-2-11-30-20/h1,3-4,7-8,13-14,18H,2,5-6,9-12,15H2,(H,27,29)(H2,25,26,28). The third-order valence-electron chi connectivity index (χ3n) is 4.93. The van der Waals surface area contributed by atoms with Gasteiger partial charge in [-0.25, -0.2) is 9.38 Å². The van der Waals surface area contributed by atoms with Crippen molar-refractivity contribution in [2.45, 2.75) is 31.7 Å². The number of hydrogen-bond acceptors (Lipinski definition) is 4. The van der Waals surface area contributed by atoms with E-state index < -0.39 is 0 Å². The van der Waals surface area contributed by atoms with Gasteiger partial charge in [0.25, 0.3) is 0 Å². The van der Waals surface area contributed by atoms with E-state index in [1.807, 2.05) is 24.3 Å². The zero-order chi connectivity index (χ0) is 21.5. The van der Waals surface area contributed by atoms with Crippen LogP contribution in [-0.4, -0.2) is 44.2 Å². The molecule has 8 heteroatoms. The fourth-order valence-corrected chi connectivity index (χ4v) is 3.19. The van der Waals surface area contributed by atoms with Crippen LogP contribution in [0.4, 0.5) is 10.1 Å². The first-order valence-electron chi connectivity index (χ1n) is 10.6. The third kappa shape index (κ3) is 6.60. The molecule has 0 radical (unpaired) electrons. The number of rotatable bonds is 7. The molecule has 2 aromatic rings. The van der Waals surface area contributed by atoms with E-state index in [1.165, 1.54) is 12.1 Å². The molecule has 1 aliphatic carbocycles. The van der Waals surface area contributed by atoms with E-state index >= 15 is 0 Å². The molecule has 1 aliphatic heterocycles. The lowest BCUT2D eigenvalue weighted by Gasteiger charge is -2.15. The Morgan fingerprint density at radius 2 is 1.94 bits per heavy atom. The smallest absolute Gasteiger partial charge is 0.242 e. The highest BCUT2D eigenvalue weighted by atomic mass is 19.1. The van der Waals surface area contributed by atoms with Gasteiger partial charge >= 0.3 is 0 Å². The number of ether oxygens (including phenoxy) is 2. The minimum absolute atomic E-state index is 0.0242. The molecule has 3 N–H and O–H groups in total. The van der Waals surface area contributed by atoms with Crippen molar-refractivity contribution in [3.63, 3.8) is 0 Å². The number of aliphatic imine (C=N–C) groups is 1. The largest absolute Gasteiger partial charge is 0.490 e. The van der Waals surface area contributed by atoms with Crippen molar-refractivity contribution in [3.05, 3.63) is 53.8 Å². The summed E-state index contributed by atoms with van der Waals surface area (Å²) in [7, 11) is 0. The van der Waals surface area contributed by atoms with Gasteiger partial charge in [-0.2, -0.15) is 0 Å². The lowest BCUT2D eigenvalue weighted by atomic mass is 10.1.